The molecule has 0 aromatic heterocycles. The Morgan fingerprint density at radius 2 is 2.15 bits per heavy atom. The number of nitrogen functional groups attached to an aromatic ring is 1. The molecule has 70 valence electrons. The van der Waals surface area contributed by atoms with Crippen molar-refractivity contribution >= 4 is 11.4 Å². The van der Waals surface area contributed by atoms with Crippen molar-refractivity contribution in [2.45, 2.75) is 6.92 Å². The van der Waals surface area contributed by atoms with Gasteiger partial charge in [-0.1, -0.05) is 6.07 Å². The molecule has 0 heterocycles. The second-order valence-corrected chi connectivity index (χ2v) is 2.60. The number of aryl methyl sites for hydroxylation is 1. The topological polar surface area (TPSA) is 78.4 Å². The maximum Gasteiger partial charge on any atom is 0.333 e. The van der Waals surface area contributed by atoms with E-state index >= 15 is 0 Å². The molecule has 0 atom stereocenters. The van der Waals surface area contributed by atoms with Crippen molar-refractivity contribution in [3.8, 4) is 5.75 Å². The number of hydrogen-bond donors (Lipinski definition) is 1. The zero-order chi connectivity index (χ0) is 10.0. The van der Waals surface area contributed by atoms with E-state index in [2.05, 4.69) is 0 Å². The van der Waals surface area contributed by atoms with Gasteiger partial charge in [-0.05, 0) is 18.6 Å². The lowest BCUT2D eigenvalue weighted by molar-refractivity contribution is -0.384. The summed E-state index contributed by atoms with van der Waals surface area (Å²) in [6.45, 7) is 1.71. The van der Waals surface area contributed by atoms with E-state index in [1.807, 2.05) is 0 Å². The molecule has 0 aliphatic rings. The minimum atomic E-state index is -0.541. The van der Waals surface area contributed by atoms with Crippen molar-refractivity contribution in [3.05, 3.63) is 27.8 Å². The van der Waals surface area contributed by atoms with Crippen LogP contribution in [0.4, 0.5) is 11.4 Å². The van der Waals surface area contributed by atoms with Gasteiger partial charge in [0, 0.05) is 0 Å². The predicted octanol–water partition coefficient (Wildman–Crippen LogP) is 1.49. The first-order chi connectivity index (χ1) is 6.07. The summed E-state index contributed by atoms with van der Waals surface area (Å²) in [7, 11) is 1.37. The first-order valence-electron chi connectivity index (χ1n) is 3.65. The maximum atomic E-state index is 10.6. The Labute approximate surface area is 75.3 Å². The first kappa shape index (κ1) is 9.31. The van der Waals surface area contributed by atoms with E-state index in [0.717, 1.165) is 0 Å². The maximum absolute atomic E-state index is 10.6. The molecule has 1 rings (SSSR count). The van der Waals surface area contributed by atoms with Gasteiger partial charge in [0.05, 0.1) is 12.0 Å². The summed E-state index contributed by atoms with van der Waals surface area (Å²) in [4.78, 5) is 10.1. The van der Waals surface area contributed by atoms with Gasteiger partial charge in [0.1, 0.15) is 5.69 Å². The summed E-state index contributed by atoms with van der Waals surface area (Å²) in [6.07, 6.45) is 0. The molecule has 2 N–H and O–H groups in total. The zero-order valence-corrected chi connectivity index (χ0v) is 7.40. The number of nitro groups is 1. The van der Waals surface area contributed by atoms with Gasteiger partial charge in [0.2, 0.25) is 0 Å². The highest BCUT2D eigenvalue weighted by Gasteiger charge is 2.19. The summed E-state index contributed by atoms with van der Waals surface area (Å²) in [5.74, 6) is 0.188. The Balaban J connectivity index is 3.41. The van der Waals surface area contributed by atoms with E-state index in [1.165, 1.54) is 13.2 Å². The third-order valence-corrected chi connectivity index (χ3v) is 1.80. The normalized spacial score (nSPS) is 9.69. The molecular formula is C8H10N2O3. The van der Waals surface area contributed by atoms with Gasteiger partial charge in [0.25, 0.3) is 0 Å². The van der Waals surface area contributed by atoms with Crippen molar-refractivity contribution in [2.75, 3.05) is 12.8 Å². The highest BCUT2D eigenvalue weighted by Crippen LogP contribution is 2.34. The molecule has 0 saturated carbocycles. The molecule has 0 aliphatic carbocycles. The number of ether oxygens (including phenoxy) is 1. The number of nitrogens with zero attached hydrogens (tertiary/aromatic N) is 1. The minimum Gasteiger partial charge on any atom is -0.490 e. The largest absolute Gasteiger partial charge is 0.490 e. The first-order valence-corrected chi connectivity index (χ1v) is 3.65. The molecule has 5 nitrogen and oxygen atoms in total. The van der Waals surface area contributed by atoms with Gasteiger partial charge in [-0.15, -0.1) is 0 Å². The van der Waals surface area contributed by atoms with Crippen LogP contribution >= 0.6 is 0 Å². The molecule has 13 heavy (non-hydrogen) atoms. The molecular weight excluding hydrogens is 172 g/mol. The van der Waals surface area contributed by atoms with Crippen LogP contribution in [0.3, 0.4) is 0 Å². The van der Waals surface area contributed by atoms with Crippen molar-refractivity contribution in [3.63, 3.8) is 0 Å². The summed E-state index contributed by atoms with van der Waals surface area (Å²) >= 11 is 0. The number of nitro benzene ring substituents is 1. The monoisotopic (exact) mass is 182 g/mol. The van der Waals surface area contributed by atoms with Gasteiger partial charge in [-0.3, -0.25) is 10.1 Å². The molecule has 0 aliphatic heterocycles. The van der Waals surface area contributed by atoms with Crippen LogP contribution < -0.4 is 10.5 Å². The molecule has 5 heteroatoms. The molecule has 0 radical (unpaired) electrons. The lowest BCUT2D eigenvalue weighted by atomic mass is 10.1. The summed E-state index contributed by atoms with van der Waals surface area (Å²) in [5, 5.41) is 10.6. The highest BCUT2D eigenvalue weighted by molar-refractivity contribution is 5.69. The Hall–Kier alpha value is -1.78. The zero-order valence-electron chi connectivity index (χ0n) is 7.40. The molecule has 0 fully saturated rings. The van der Waals surface area contributed by atoms with Gasteiger partial charge >= 0.3 is 5.69 Å². The fourth-order valence-corrected chi connectivity index (χ4v) is 1.04. The lowest BCUT2D eigenvalue weighted by Gasteiger charge is -2.05. The predicted molar refractivity (Wildman–Crippen MR) is 48.8 cm³/mol. The fraction of sp³-hybridized carbons (Fsp3) is 0.250. The van der Waals surface area contributed by atoms with Gasteiger partial charge in [-0.25, -0.2) is 0 Å². The molecule has 0 unspecified atom stereocenters. The van der Waals surface area contributed by atoms with Crippen LogP contribution in [0, 0.1) is 17.0 Å². The average Bonchev–Trinajstić information content (AvgIpc) is 2.08. The van der Waals surface area contributed by atoms with Crippen LogP contribution in [0.2, 0.25) is 0 Å². The Bertz CT molecular complexity index is 349. The van der Waals surface area contributed by atoms with Crippen LogP contribution in [-0.4, -0.2) is 12.0 Å². The highest BCUT2D eigenvalue weighted by atomic mass is 16.6. The van der Waals surface area contributed by atoms with Crippen molar-refractivity contribution in [1.29, 1.82) is 0 Å². The molecule has 1 aromatic carbocycles. The van der Waals surface area contributed by atoms with E-state index in [0.29, 0.717) is 5.56 Å². The van der Waals surface area contributed by atoms with E-state index in [-0.39, 0.29) is 17.1 Å². The third-order valence-electron chi connectivity index (χ3n) is 1.80. The molecule has 1 aromatic rings. The van der Waals surface area contributed by atoms with Gasteiger partial charge in [-0.2, -0.15) is 0 Å². The smallest absolute Gasteiger partial charge is 0.333 e. The Morgan fingerprint density at radius 3 is 2.62 bits per heavy atom. The molecule has 0 saturated heterocycles. The fourth-order valence-electron chi connectivity index (χ4n) is 1.04. The number of rotatable bonds is 2. The molecule has 0 bridgehead atoms. The van der Waals surface area contributed by atoms with Crippen LogP contribution in [0.25, 0.3) is 0 Å². The van der Waals surface area contributed by atoms with Crippen molar-refractivity contribution in [1.82, 2.24) is 0 Å². The van der Waals surface area contributed by atoms with Crippen LogP contribution in [-0.2, 0) is 0 Å². The SMILES string of the molecule is COc1ccc(C)c(N)c1[N+](=O)[O-]. The quantitative estimate of drug-likeness (QED) is 0.427. The van der Waals surface area contributed by atoms with E-state index < -0.39 is 4.92 Å². The van der Waals surface area contributed by atoms with E-state index in [1.54, 1.807) is 13.0 Å². The average molecular weight is 182 g/mol. The number of benzene rings is 1. The third kappa shape index (κ3) is 1.53. The van der Waals surface area contributed by atoms with Crippen LogP contribution in [0.1, 0.15) is 5.56 Å². The lowest BCUT2D eigenvalue weighted by Crippen LogP contribution is -2.00. The number of anilines is 1. The van der Waals surface area contributed by atoms with Gasteiger partial charge in [0.15, 0.2) is 5.75 Å². The summed E-state index contributed by atoms with van der Waals surface area (Å²) in [6, 6.07) is 3.21. The molecule has 0 spiro atoms. The van der Waals surface area contributed by atoms with Crippen molar-refractivity contribution in [2.24, 2.45) is 0 Å². The minimum absolute atomic E-state index is 0.157. The van der Waals surface area contributed by atoms with Crippen molar-refractivity contribution < 1.29 is 9.66 Å². The van der Waals surface area contributed by atoms with E-state index in [4.69, 9.17) is 10.5 Å². The van der Waals surface area contributed by atoms with Gasteiger partial charge < -0.3 is 10.5 Å². The second-order valence-electron chi connectivity index (χ2n) is 2.60. The standard InChI is InChI=1S/C8H10N2O3/c1-5-3-4-6(13-2)8(7(5)9)10(11)12/h3-4H,9H2,1-2H3. The Morgan fingerprint density at radius 1 is 1.54 bits per heavy atom. The second kappa shape index (κ2) is 3.30. The summed E-state index contributed by atoms with van der Waals surface area (Å²) in [5.41, 5.74) is 6.20. The number of hydrogen-bond acceptors (Lipinski definition) is 4. The Kier molecular flexibility index (Phi) is 2.36. The van der Waals surface area contributed by atoms with Crippen LogP contribution in [0.15, 0.2) is 12.1 Å². The number of methoxy groups -OCH3 is 1. The van der Waals surface area contributed by atoms with Crippen LogP contribution in [0.5, 0.6) is 5.75 Å². The van der Waals surface area contributed by atoms with E-state index in [9.17, 15) is 10.1 Å². The summed E-state index contributed by atoms with van der Waals surface area (Å²) < 4.78 is 4.82. The molecule has 0 amide bonds. The number of nitrogens with two attached hydrogens (primary N) is 1.